The van der Waals surface area contributed by atoms with Crippen molar-refractivity contribution in [3.63, 3.8) is 0 Å². The molecule has 4 atom stereocenters. The van der Waals surface area contributed by atoms with Crippen molar-refractivity contribution in [2.45, 2.75) is 69.6 Å². The summed E-state index contributed by atoms with van der Waals surface area (Å²) in [4.78, 5) is 33.7. The van der Waals surface area contributed by atoms with Gasteiger partial charge in [-0.3, -0.25) is 9.69 Å². The summed E-state index contributed by atoms with van der Waals surface area (Å²) in [6.45, 7) is 2.95. The van der Waals surface area contributed by atoms with E-state index in [-0.39, 0.29) is 30.4 Å². The molecule has 1 amide bonds. The molecular weight excluding hydrogens is 656 g/mol. The van der Waals surface area contributed by atoms with E-state index in [1.165, 1.54) is 26.0 Å². The lowest BCUT2D eigenvalue weighted by Crippen LogP contribution is -2.38. The SMILES string of the molecule is COC(=O)[C@@H]1CC[C@@H](c2ccc(OC)c(-c3ccc(N4CCC4)nc3CN3C(=O)O[C@H](c4cc(C(F)(F)F)cc(C(F)(F)F)c4)[C@@H]3C)c2)C1. The number of halogens is 6. The maximum atomic E-state index is 13.6. The third-order valence-electron chi connectivity index (χ3n) is 9.74. The second kappa shape index (κ2) is 13.1. The van der Waals surface area contributed by atoms with Gasteiger partial charge in [0.1, 0.15) is 17.7 Å². The summed E-state index contributed by atoms with van der Waals surface area (Å²) in [6.07, 6.45) is -9.31. The predicted molar refractivity (Wildman–Crippen MR) is 166 cm³/mol. The summed E-state index contributed by atoms with van der Waals surface area (Å²) in [6, 6.07) is 9.77. The highest BCUT2D eigenvalue weighted by atomic mass is 19.4. The minimum Gasteiger partial charge on any atom is -0.496 e. The van der Waals surface area contributed by atoms with Crippen LogP contribution in [0.3, 0.4) is 0 Å². The van der Waals surface area contributed by atoms with Crippen molar-refractivity contribution in [1.82, 2.24) is 9.88 Å². The molecule has 1 aromatic heterocycles. The highest BCUT2D eigenvalue weighted by Crippen LogP contribution is 2.44. The second-order valence-corrected chi connectivity index (χ2v) is 12.7. The zero-order chi connectivity index (χ0) is 35.2. The molecule has 3 aliphatic rings. The average Bonchev–Trinajstić information content (AvgIpc) is 3.64. The van der Waals surface area contributed by atoms with E-state index < -0.39 is 47.3 Å². The fraction of sp³-hybridized carbons (Fsp3) is 0.457. The molecule has 3 aromatic rings. The molecule has 3 fully saturated rings. The number of esters is 1. The van der Waals surface area contributed by atoms with Gasteiger partial charge in [0.25, 0.3) is 0 Å². The maximum Gasteiger partial charge on any atom is 0.416 e. The first kappa shape index (κ1) is 34.4. The smallest absolute Gasteiger partial charge is 0.416 e. The Morgan fingerprint density at radius 3 is 2.20 bits per heavy atom. The number of ether oxygens (including phenoxy) is 3. The zero-order valence-electron chi connectivity index (χ0n) is 27.0. The first-order valence-electron chi connectivity index (χ1n) is 16.0. The number of pyridine rings is 1. The fourth-order valence-electron chi connectivity index (χ4n) is 6.90. The zero-order valence-corrected chi connectivity index (χ0v) is 27.0. The summed E-state index contributed by atoms with van der Waals surface area (Å²) < 4.78 is 97.9. The molecule has 2 aliphatic heterocycles. The lowest BCUT2D eigenvalue weighted by Gasteiger charge is -2.33. The number of hydrogen-bond donors (Lipinski definition) is 0. The Morgan fingerprint density at radius 2 is 1.61 bits per heavy atom. The van der Waals surface area contributed by atoms with Crippen LogP contribution in [0.25, 0.3) is 11.1 Å². The number of cyclic esters (lactones) is 1. The van der Waals surface area contributed by atoms with Crippen molar-refractivity contribution in [2.75, 3.05) is 32.2 Å². The van der Waals surface area contributed by atoms with Crippen molar-refractivity contribution >= 4 is 17.9 Å². The van der Waals surface area contributed by atoms with E-state index in [0.717, 1.165) is 31.5 Å². The Hall–Kier alpha value is -4.49. The maximum absolute atomic E-state index is 13.6. The number of amides is 1. The molecule has 8 nitrogen and oxygen atoms in total. The molecule has 1 aliphatic carbocycles. The van der Waals surface area contributed by atoms with Crippen molar-refractivity contribution in [3.05, 3.63) is 76.5 Å². The van der Waals surface area contributed by atoms with Crippen LogP contribution in [0, 0.1) is 5.92 Å². The Kier molecular flexibility index (Phi) is 9.18. The summed E-state index contributed by atoms with van der Waals surface area (Å²) in [7, 11) is 2.90. The number of carbonyl (C=O) groups excluding carboxylic acids is 2. The van der Waals surface area contributed by atoms with Crippen LogP contribution in [0.2, 0.25) is 0 Å². The summed E-state index contributed by atoms with van der Waals surface area (Å²) >= 11 is 0. The molecule has 0 radical (unpaired) electrons. The van der Waals surface area contributed by atoms with E-state index in [9.17, 15) is 35.9 Å². The number of aromatic nitrogens is 1. The minimum atomic E-state index is -5.05. The molecule has 0 N–H and O–H groups in total. The van der Waals surface area contributed by atoms with Crippen molar-refractivity contribution < 1.29 is 50.1 Å². The van der Waals surface area contributed by atoms with Gasteiger partial charge in [-0.2, -0.15) is 26.3 Å². The van der Waals surface area contributed by atoms with Gasteiger partial charge in [-0.05, 0) is 92.1 Å². The van der Waals surface area contributed by atoms with E-state index in [4.69, 9.17) is 19.2 Å². The number of rotatable bonds is 8. The molecule has 0 unspecified atom stereocenters. The van der Waals surface area contributed by atoms with Gasteiger partial charge in [0, 0.05) is 24.2 Å². The van der Waals surface area contributed by atoms with Crippen molar-refractivity contribution in [1.29, 1.82) is 0 Å². The molecule has 2 aromatic carbocycles. The van der Waals surface area contributed by atoms with Crippen molar-refractivity contribution in [3.8, 4) is 16.9 Å². The first-order valence-corrected chi connectivity index (χ1v) is 16.0. The Labute approximate surface area is 278 Å². The van der Waals surface area contributed by atoms with Crippen LogP contribution >= 0.6 is 0 Å². The van der Waals surface area contributed by atoms with Gasteiger partial charge in [-0.1, -0.05) is 6.07 Å². The van der Waals surface area contributed by atoms with Gasteiger partial charge in [-0.25, -0.2) is 9.78 Å². The van der Waals surface area contributed by atoms with Crippen LogP contribution in [0.1, 0.15) is 72.6 Å². The van der Waals surface area contributed by atoms with E-state index in [0.29, 0.717) is 53.4 Å². The number of nitrogens with zero attached hydrogens (tertiary/aromatic N) is 3. The molecule has 0 bridgehead atoms. The number of carbonyl (C=O) groups is 2. The predicted octanol–water partition coefficient (Wildman–Crippen LogP) is 8.14. The molecule has 3 heterocycles. The van der Waals surface area contributed by atoms with Gasteiger partial charge < -0.3 is 19.1 Å². The molecule has 1 saturated carbocycles. The summed E-state index contributed by atoms with van der Waals surface area (Å²) in [5.74, 6) is 0.849. The summed E-state index contributed by atoms with van der Waals surface area (Å²) in [5, 5.41) is 0. The highest BCUT2D eigenvalue weighted by molar-refractivity contribution is 5.77. The van der Waals surface area contributed by atoms with Gasteiger partial charge >= 0.3 is 24.4 Å². The Morgan fingerprint density at radius 1 is 0.918 bits per heavy atom. The molecule has 14 heteroatoms. The van der Waals surface area contributed by atoms with E-state index in [1.54, 1.807) is 0 Å². The van der Waals surface area contributed by atoms with Gasteiger partial charge in [0.05, 0.1) is 49.5 Å². The Balaban J connectivity index is 1.36. The monoisotopic (exact) mass is 691 g/mol. The van der Waals surface area contributed by atoms with Crippen LogP contribution in [-0.2, 0) is 33.2 Å². The van der Waals surface area contributed by atoms with E-state index in [2.05, 4.69) is 4.90 Å². The first-order chi connectivity index (χ1) is 23.2. The number of methoxy groups -OCH3 is 2. The summed E-state index contributed by atoms with van der Waals surface area (Å²) in [5.41, 5.74) is -0.642. The highest BCUT2D eigenvalue weighted by Gasteiger charge is 2.44. The van der Waals surface area contributed by atoms with Crippen LogP contribution in [0.4, 0.5) is 37.0 Å². The Bertz CT molecular complexity index is 1710. The van der Waals surface area contributed by atoms with Crippen LogP contribution < -0.4 is 9.64 Å². The molecule has 49 heavy (non-hydrogen) atoms. The van der Waals surface area contributed by atoms with E-state index in [1.807, 2.05) is 30.3 Å². The van der Waals surface area contributed by atoms with Gasteiger partial charge in [0.15, 0.2) is 0 Å². The molecule has 262 valence electrons. The third kappa shape index (κ3) is 6.86. The minimum absolute atomic E-state index is 0.0445. The van der Waals surface area contributed by atoms with Gasteiger partial charge in [0.2, 0.25) is 0 Å². The quantitative estimate of drug-likeness (QED) is 0.174. The van der Waals surface area contributed by atoms with Crippen molar-refractivity contribution in [2.24, 2.45) is 5.92 Å². The second-order valence-electron chi connectivity index (χ2n) is 12.7. The number of anilines is 1. The number of benzene rings is 2. The van der Waals surface area contributed by atoms with E-state index >= 15 is 0 Å². The lowest BCUT2D eigenvalue weighted by molar-refractivity contribution is -0.145. The molecule has 2 saturated heterocycles. The van der Waals surface area contributed by atoms with Crippen LogP contribution in [-0.4, -0.2) is 55.3 Å². The largest absolute Gasteiger partial charge is 0.496 e. The lowest BCUT2D eigenvalue weighted by atomic mass is 9.91. The molecular formula is C35H35F6N3O5. The van der Waals surface area contributed by atoms with Crippen LogP contribution in [0.15, 0.2) is 48.5 Å². The number of alkyl halides is 6. The fourth-order valence-corrected chi connectivity index (χ4v) is 6.90. The van der Waals surface area contributed by atoms with Crippen LogP contribution in [0.5, 0.6) is 5.75 Å². The topological polar surface area (TPSA) is 81.2 Å². The normalized spacial score (nSPS) is 22.6. The molecule has 6 rings (SSSR count). The van der Waals surface area contributed by atoms with Gasteiger partial charge in [-0.15, -0.1) is 0 Å². The average molecular weight is 692 g/mol. The third-order valence-corrected chi connectivity index (χ3v) is 9.74. The number of hydrogen-bond acceptors (Lipinski definition) is 7. The molecule has 0 spiro atoms. The standard InChI is InChI=1S/C35H35F6N3O5/c1-19-31(23-14-24(34(36,37)38)17-25(15-23)35(39,40)41)49-33(46)44(19)18-28-26(8-10-30(42-28)43-11-4-12-43)27-16-21(7-9-29(27)47-2)20-5-6-22(13-20)32(45)48-3/h7-10,14-17,19-20,22,31H,4-6,11-13,18H2,1-3H3/t19-,20+,22+,31-/m0/s1.